The maximum absolute atomic E-state index is 15.2. The van der Waals surface area contributed by atoms with Crippen LogP contribution in [0.4, 0.5) is 43.9 Å². The fourth-order valence-corrected chi connectivity index (χ4v) is 4.97. The summed E-state index contributed by atoms with van der Waals surface area (Å²) < 4.78 is 143. The molecule has 1 atom stereocenters. The lowest BCUT2D eigenvalue weighted by atomic mass is 9.77. The number of nitrogens with one attached hydrogen (secondary N) is 2. The number of halogens is 10. The third-order valence-electron chi connectivity index (χ3n) is 7.28. The molecule has 0 bridgehead atoms. The summed E-state index contributed by atoms with van der Waals surface area (Å²) in [5.41, 5.74) is -4.52. The summed E-state index contributed by atoms with van der Waals surface area (Å²) >= 11 is 0. The number of rotatable bonds is 12. The van der Waals surface area contributed by atoms with Crippen LogP contribution in [0.15, 0.2) is 84.9 Å². The van der Waals surface area contributed by atoms with E-state index in [1.807, 2.05) is 0 Å². The van der Waals surface area contributed by atoms with E-state index in [2.05, 4.69) is 15.4 Å². The van der Waals surface area contributed by atoms with Gasteiger partial charge in [0.2, 0.25) is 0 Å². The quantitative estimate of drug-likeness (QED) is 0.147. The molecule has 48 heavy (non-hydrogen) atoms. The highest BCUT2D eigenvalue weighted by Crippen LogP contribution is 2.39. The predicted octanol–water partition coefficient (Wildman–Crippen LogP) is 8.77. The Labute approximate surface area is 268 Å². The van der Waals surface area contributed by atoms with Crippen molar-refractivity contribution in [3.05, 3.63) is 136 Å². The van der Waals surface area contributed by atoms with Crippen molar-refractivity contribution in [3.63, 3.8) is 0 Å². The molecule has 0 heterocycles. The first kappa shape index (κ1) is 36.2. The zero-order valence-corrected chi connectivity index (χ0v) is 25.2. The van der Waals surface area contributed by atoms with Crippen molar-refractivity contribution in [2.75, 3.05) is 0 Å². The smallest absolute Gasteiger partial charge is 0.428 e. The lowest BCUT2D eigenvalue weighted by Gasteiger charge is -2.37. The maximum atomic E-state index is 15.2. The molecule has 0 radical (unpaired) electrons. The lowest BCUT2D eigenvalue weighted by Crippen LogP contribution is -2.49. The zero-order valence-electron chi connectivity index (χ0n) is 25.2. The number of carbonyl (C=O) groups excluding carboxylic acids is 1. The number of hydrogen-bond acceptors (Lipinski definition) is 3. The zero-order chi connectivity index (χ0) is 35.4. The molecule has 0 fully saturated rings. The van der Waals surface area contributed by atoms with Crippen molar-refractivity contribution in [2.24, 2.45) is 0 Å². The van der Waals surface area contributed by atoms with E-state index in [1.165, 1.54) is 12.1 Å². The third kappa shape index (κ3) is 8.46. The minimum atomic E-state index is -5.19. The molecule has 4 aromatic rings. The molecule has 0 aromatic heterocycles. The van der Waals surface area contributed by atoms with E-state index < -0.39 is 64.5 Å². The summed E-state index contributed by atoms with van der Waals surface area (Å²) in [7, 11) is 0. The first-order valence-corrected chi connectivity index (χ1v) is 14.3. The molecule has 0 saturated heterocycles. The Morgan fingerprint density at radius 2 is 1.46 bits per heavy atom. The van der Waals surface area contributed by atoms with Gasteiger partial charge in [-0.15, -0.1) is 0 Å². The molecular weight excluding hydrogens is 658 g/mol. The second-order valence-corrected chi connectivity index (χ2v) is 11.2. The van der Waals surface area contributed by atoms with E-state index in [9.17, 15) is 39.9 Å². The van der Waals surface area contributed by atoms with Crippen molar-refractivity contribution in [1.82, 2.24) is 10.6 Å². The molecule has 4 aromatic carbocycles. The van der Waals surface area contributed by atoms with Crippen molar-refractivity contribution in [2.45, 2.75) is 57.1 Å². The molecule has 1 amide bonds. The van der Waals surface area contributed by atoms with Gasteiger partial charge in [0, 0.05) is 36.2 Å². The Balaban J connectivity index is 2.01. The molecule has 0 spiro atoms. The van der Waals surface area contributed by atoms with Crippen molar-refractivity contribution >= 4 is 5.91 Å². The molecule has 0 aliphatic rings. The summed E-state index contributed by atoms with van der Waals surface area (Å²) in [6, 6.07) is 14.6. The number of benzene rings is 4. The molecule has 0 saturated carbocycles. The van der Waals surface area contributed by atoms with Gasteiger partial charge in [0.1, 0.15) is 23.2 Å². The Hall–Kier alpha value is -4.59. The first-order valence-electron chi connectivity index (χ1n) is 14.3. The van der Waals surface area contributed by atoms with Crippen molar-refractivity contribution in [3.8, 4) is 5.75 Å². The van der Waals surface area contributed by atoms with Gasteiger partial charge in [-0.1, -0.05) is 50.2 Å². The van der Waals surface area contributed by atoms with Crippen LogP contribution in [-0.4, -0.2) is 24.5 Å². The SMILES string of the molecule is CC(C)NCc1cc(C(Cc2ccccc2)(NC(=O)c2ccc(F)c(C(F)(F)F)c2)c2cc(F)cc(OC(F)(F)C(F)F)c2)ccc1F. The largest absolute Gasteiger partial charge is 0.461 e. The standard InChI is InChI=1S/C34H28F10N2O2/c1-19(2)45-18-22-12-23(9-11-28(22)36)32(17-20-6-4-3-5-7-20,24-14-25(35)16-26(15-24)48-34(43,44)31(38)39)46-30(47)21-8-10-29(37)27(13-21)33(40,41)42/h3-16,19,31,45H,17-18H2,1-2H3,(H,46,47). The van der Waals surface area contributed by atoms with Gasteiger partial charge in [-0.2, -0.15) is 30.7 Å². The molecule has 4 rings (SSSR count). The predicted molar refractivity (Wildman–Crippen MR) is 156 cm³/mol. The van der Waals surface area contributed by atoms with Crippen LogP contribution in [0, 0.1) is 17.5 Å². The Kier molecular flexibility index (Phi) is 10.8. The maximum Gasteiger partial charge on any atom is 0.461 e. The van der Waals surface area contributed by atoms with Gasteiger partial charge < -0.3 is 15.4 Å². The lowest BCUT2D eigenvalue weighted by molar-refractivity contribution is -0.253. The van der Waals surface area contributed by atoms with Crippen LogP contribution in [-0.2, 0) is 24.7 Å². The van der Waals surface area contributed by atoms with E-state index in [-0.39, 0.29) is 41.8 Å². The van der Waals surface area contributed by atoms with E-state index in [0.29, 0.717) is 17.7 Å². The Morgan fingerprint density at radius 3 is 2.08 bits per heavy atom. The molecule has 256 valence electrons. The van der Waals surface area contributed by atoms with Crippen LogP contribution < -0.4 is 15.4 Å². The summed E-state index contributed by atoms with van der Waals surface area (Å²) in [6.07, 6.45) is -14.9. The number of ether oxygens (including phenoxy) is 1. The van der Waals surface area contributed by atoms with E-state index in [1.54, 1.807) is 44.2 Å². The number of amides is 1. The first-order chi connectivity index (χ1) is 22.4. The highest BCUT2D eigenvalue weighted by molar-refractivity contribution is 5.95. The molecular formula is C34H28F10N2O2. The number of alkyl halides is 7. The van der Waals surface area contributed by atoms with Gasteiger partial charge in [-0.25, -0.2) is 13.2 Å². The van der Waals surface area contributed by atoms with E-state index >= 15 is 8.78 Å². The van der Waals surface area contributed by atoms with E-state index in [4.69, 9.17) is 0 Å². The average molecular weight is 687 g/mol. The van der Waals surface area contributed by atoms with Crippen LogP contribution in [0.3, 0.4) is 0 Å². The highest BCUT2D eigenvalue weighted by Gasteiger charge is 2.45. The number of hydrogen-bond donors (Lipinski definition) is 2. The molecule has 0 aliphatic carbocycles. The van der Waals surface area contributed by atoms with Gasteiger partial charge >= 0.3 is 18.7 Å². The normalized spacial score (nSPS) is 13.5. The summed E-state index contributed by atoms with van der Waals surface area (Å²) in [4.78, 5) is 13.8. The fraction of sp³-hybridized carbons (Fsp3) is 0.265. The molecule has 4 nitrogen and oxygen atoms in total. The van der Waals surface area contributed by atoms with Crippen LogP contribution in [0.25, 0.3) is 0 Å². The van der Waals surface area contributed by atoms with Crippen LogP contribution >= 0.6 is 0 Å². The summed E-state index contributed by atoms with van der Waals surface area (Å²) in [6.45, 7) is 3.50. The number of carbonyl (C=O) groups is 1. The van der Waals surface area contributed by atoms with Gasteiger partial charge in [0.05, 0.1) is 11.1 Å². The monoisotopic (exact) mass is 686 g/mol. The Morgan fingerprint density at radius 1 is 0.792 bits per heavy atom. The molecule has 2 N–H and O–H groups in total. The average Bonchev–Trinajstić information content (AvgIpc) is 2.99. The second-order valence-electron chi connectivity index (χ2n) is 11.2. The van der Waals surface area contributed by atoms with Gasteiger partial charge in [0.25, 0.3) is 5.91 Å². The highest BCUT2D eigenvalue weighted by atomic mass is 19.4. The van der Waals surface area contributed by atoms with Crippen LogP contribution in [0.1, 0.15) is 52.0 Å². The van der Waals surface area contributed by atoms with Gasteiger partial charge in [-0.3, -0.25) is 4.79 Å². The minimum Gasteiger partial charge on any atom is -0.428 e. The fourth-order valence-electron chi connectivity index (χ4n) is 4.97. The summed E-state index contributed by atoms with van der Waals surface area (Å²) in [5.74, 6) is -5.98. The van der Waals surface area contributed by atoms with Crippen molar-refractivity contribution in [1.29, 1.82) is 0 Å². The third-order valence-corrected chi connectivity index (χ3v) is 7.28. The Bertz CT molecular complexity index is 1750. The molecule has 14 heteroatoms. The molecule has 1 unspecified atom stereocenters. The topological polar surface area (TPSA) is 50.4 Å². The van der Waals surface area contributed by atoms with Crippen molar-refractivity contribution < 1.29 is 53.4 Å². The van der Waals surface area contributed by atoms with E-state index in [0.717, 1.165) is 24.3 Å². The van der Waals surface area contributed by atoms with Crippen LogP contribution in [0.2, 0.25) is 0 Å². The van der Waals surface area contributed by atoms with Gasteiger partial charge in [-0.05, 0) is 59.2 Å². The minimum absolute atomic E-state index is 0.00279. The summed E-state index contributed by atoms with van der Waals surface area (Å²) in [5, 5.41) is 5.56. The van der Waals surface area contributed by atoms with Gasteiger partial charge in [0.15, 0.2) is 0 Å². The second kappa shape index (κ2) is 14.3. The molecule has 0 aliphatic heterocycles. The van der Waals surface area contributed by atoms with Crippen LogP contribution in [0.5, 0.6) is 5.75 Å².